The summed E-state index contributed by atoms with van der Waals surface area (Å²) in [7, 11) is 0. The van der Waals surface area contributed by atoms with Crippen molar-refractivity contribution in [1.82, 2.24) is 29.3 Å². The Balaban J connectivity index is 1.32. The number of hydrogen-bond acceptors (Lipinski definition) is 8. The number of likely N-dealkylation sites (tertiary alicyclic amines) is 1. The van der Waals surface area contributed by atoms with Crippen LogP contribution >= 0.6 is 0 Å². The van der Waals surface area contributed by atoms with Crippen LogP contribution in [0.3, 0.4) is 0 Å². The predicted molar refractivity (Wildman–Crippen MR) is 131 cm³/mol. The molecule has 2 N–H and O–H groups in total. The van der Waals surface area contributed by atoms with Gasteiger partial charge in [0, 0.05) is 58.8 Å². The molecule has 0 aliphatic carbocycles. The average Bonchev–Trinajstić information content (AvgIpc) is 3.48. The molecule has 0 bridgehead atoms. The smallest absolute Gasteiger partial charge is 0.226 e. The molecule has 0 saturated carbocycles. The van der Waals surface area contributed by atoms with Gasteiger partial charge in [0.15, 0.2) is 17.0 Å². The van der Waals surface area contributed by atoms with Gasteiger partial charge in [0.25, 0.3) is 0 Å². The normalized spacial score (nSPS) is 16.9. The lowest BCUT2D eigenvalue weighted by Crippen LogP contribution is -2.39. The van der Waals surface area contributed by atoms with Gasteiger partial charge in [-0.25, -0.2) is 4.98 Å². The minimum atomic E-state index is 0.231. The number of amides is 1. The minimum Gasteiger partial charge on any atom is -0.379 e. The molecular weight excluding hydrogens is 432 g/mol. The summed E-state index contributed by atoms with van der Waals surface area (Å²) in [6.45, 7) is 7.94. The lowest BCUT2D eigenvalue weighted by Gasteiger charge is -2.26. The minimum absolute atomic E-state index is 0.231. The van der Waals surface area contributed by atoms with E-state index >= 15 is 0 Å². The van der Waals surface area contributed by atoms with E-state index < -0.39 is 0 Å². The molecule has 3 aromatic rings. The first kappa shape index (κ1) is 22.5. The second kappa shape index (κ2) is 10.8. The summed E-state index contributed by atoms with van der Waals surface area (Å²) in [5, 5.41) is 6.84. The van der Waals surface area contributed by atoms with E-state index in [4.69, 9.17) is 14.7 Å². The van der Waals surface area contributed by atoms with E-state index in [0.29, 0.717) is 37.8 Å². The number of carbonyl (C=O) groups is 1. The summed E-state index contributed by atoms with van der Waals surface area (Å²) in [5.74, 6) is 1.52. The average molecular weight is 465 g/mol. The van der Waals surface area contributed by atoms with Crippen LogP contribution in [-0.4, -0.2) is 87.7 Å². The fourth-order valence-electron chi connectivity index (χ4n) is 4.41. The van der Waals surface area contributed by atoms with Crippen molar-refractivity contribution in [2.24, 2.45) is 0 Å². The van der Waals surface area contributed by atoms with Crippen LogP contribution in [-0.2, 0) is 22.6 Å². The molecule has 5 rings (SSSR count). The highest BCUT2D eigenvalue weighted by Crippen LogP contribution is 2.22. The molecule has 0 unspecified atom stereocenters. The van der Waals surface area contributed by atoms with Gasteiger partial charge in [0.2, 0.25) is 11.9 Å². The number of aromatic nitrogens is 4. The molecule has 10 nitrogen and oxygen atoms in total. The second-order valence-corrected chi connectivity index (χ2v) is 8.71. The summed E-state index contributed by atoms with van der Waals surface area (Å²) in [5.41, 5.74) is 2.68. The van der Waals surface area contributed by atoms with E-state index in [2.05, 4.69) is 32.7 Å². The third-order valence-corrected chi connectivity index (χ3v) is 6.36. The molecule has 34 heavy (non-hydrogen) atoms. The van der Waals surface area contributed by atoms with Crippen LogP contribution in [0, 0.1) is 0 Å². The van der Waals surface area contributed by atoms with Crippen molar-refractivity contribution in [2.75, 3.05) is 63.1 Å². The highest BCUT2D eigenvalue weighted by Gasteiger charge is 2.20. The fraction of sp³-hybridized carbons (Fsp3) is 0.500. The van der Waals surface area contributed by atoms with E-state index in [1.54, 1.807) is 6.33 Å². The topological polar surface area (TPSA) is 100 Å². The largest absolute Gasteiger partial charge is 0.379 e. The molecule has 1 aromatic carbocycles. The second-order valence-electron chi connectivity index (χ2n) is 8.71. The molecule has 2 aromatic heterocycles. The zero-order valence-corrected chi connectivity index (χ0v) is 19.4. The lowest BCUT2D eigenvalue weighted by atomic mass is 10.2. The first-order valence-electron chi connectivity index (χ1n) is 12.1. The van der Waals surface area contributed by atoms with E-state index in [-0.39, 0.29) is 5.91 Å². The van der Waals surface area contributed by atoms with E-state index in [0.717, 1.165) is 63.5 Å². The number of fused-ring (bicyclic) bond motifs is 1. The lowest BCUT2D eigenvalue weighted by molar-refractivity contribution is -0.127. The molecule has 0 spiro atoms. The first-order chi connectivity index (χ1) is 16.8. The summed E-state index contributed by atoms with van der Waals surface area (Å²) in [6, 6.07) is 10.2. The molecule has 2 fully saturated rings. The number of ether oxygens (including phenoxy) is 1. The van der Waals surface area contributed by atoms with Crippen molar-refractivity contribution in [2.45, 2.75) is 25.9 Å². The maximum Gasteiger partial charge on any atom is 0.226 e. The number of rotatable bonds is 10. The Hall–Kier alpha value is -3.24. The number of carbonyl (C=O) groups excluding carboxylic acids is 1. The van der Waals surface area contributed by atoms with Gasteiger partial charge in [-0.05, 0) is 12.0 Å². The Morgan fingerprint density at radius 1 is 0.971 bits per heavy atom. The number of anilines is 2. The van der Waals surface area contributed by atoms with Crippen molar-refractivity contribution in [3.63, 3.8) is 0 Å². The first-order valence-corrected chi connectivity index (χ1v) is 12.1. The molecule has 0 radical (unpaired) electrons. The van der Waals surface area contributed by atoms with Crippen LogP contribution in [0.25, 0.3) is 11.2 Å². The number of nitrogens with zero attached hydrogens (tertiary/aromatic N) is 6. The van der Waals surface area contributed by atoms with Crippen LogP contribution in [0.4, 0.5) is 11.8 Å². The number of nitrogens with one attached hydrogen (secondary N) is 2. The highest BCUT2D eigenvalue weighted by atomic mass is 16.5. The Morgan fingerprint density at radius 3 is 2.62 bits per heavy atom. The van der Waals surface area contributed by atoms with Crippen LogP contribution in [0.2, 0.25) is 0 Å². The third-order valence-electron chi connectivity index (χ3n) is 6.36. The number of morpholine rings is 1. The van der Waals surface area contributed by atoms with E-state index in [1.807, 2.05) is 27.7 Å². The zero-order chi connectivity index (χ0) is 23.2. The highest BCUT2D eigenvalue weighted by molar-refractivity contribution is 5.84. The van der Waals surface area contributed by atoms with Crippen LogP contribution in [0.1, 0.15) is 18.4 Å². The van der Waals surface area contributed by atoms with Crippen molar-refractivity contribution in [1.29, 1.82) is 0 Å². The third kappa shape index (κ3) is 5.45. The van der Waals surface area contributed by atoms with Crippen LogP contribution < -0.4 is 10.6 Å². The van der Waals surface area contributed by atoms with Crippen molar-refractivity contribution in [3.05, 3.63) is 42.2 Å². The number of hydrogen-bond donors (Lipinski definition) is 2. The van der Waals surface area contributed by atoms with E-state index in [9.17, 15) is 4.79 Å². The van der Waals surface area contributed by atoms with Crippen molar-refractivity contribution in [3.8, 4) is 0 Å². The fourth-order valence-corrected chi connectivity index (χ4v) is 4.41. The van der Waals surface area contributed by atoms with Gasteiger partial charge in [-0.15, -0.1) is 0 Å². The molecule has 180 valence electrons. The number of benzene rings is 1. The molecule has 1 amide bonds. The zero-order valence-electron chi connectivity index (χ0n) is 19.4. The monoisotopic (exact) mass is 464 g/mol. The van der Waals surface area contributed by atoms with Gasteiger partial charge in [0.1, 0.15) is 0 Å². The molecule has 2 saturated heterocycles. The molecular formula is C24H32N8O2. The number of imidazole rings is 1. The Kier molecular flexibility index (Phi) is 7.16. The van der Waals surface area contributed by atoms with Gasteiger partial charge in [0.05, 0.1) is 19.5 Å². The molecule has 0 atom stereocenters. The van der Waals surface area contributed by atoms with Gasteiger partial charge in [-0.2, -0.15) is 9.97 Å². The Morgan fingerprint density at radius 2 is 1.82 bits per heavy atom. The van der Waals surface area contributed by atoms with Gasteiger partial charge >= 0.3 is 0 Å². The Bertz CT molecular complexity index is 1100. The van der Waals surface area contributed by atoms with E-state index in [1.165, 1.54) is 5.56 Å². The summed E-state index contributed by atoms with van der Waals surface area (Å²) >= 11 is 0. The predicted octanol–water partition coefficient (Wildman–Crippen LogP) is 1.80. The SMILES string of the molecule is O=C1CCCN1CCn1cnc2c(NCc3ccccc3)nc(NCCN3CCOCC3)nc21. The summed E-state index contributed by atoms with van der Waals surface area (Å²) in [6.07, 6.45) is 3.39. The molecule has 2 aliphatic heterocycles. The molecule has 2 aliphatic rings. The van der Waals surface area contributed by atoms with Crippen molar-refractivity contribution < 1.29 is 9.53 Å². The Labute approximate surface area is 199 Å². The maximum absolute atomic E-state index is 12.0. The molecule has 4 heterocycles. The van der Waals surface area contributed by atoms with Gasteiger partial charge in [-0.1, -0.05) is 30.3 Å². The summed E-state index contributed by atoms with van der Waals surface area (Å²) in [4.78, 5) is 30.5. The van der Waals surface area contributed by atoms with Gasteiger partial charge in [-0.3, -0.25) is 9.69 Å². The van der Waals surface area contributed by atoms with Crippen LogP contribution in [0.15, 0.2) is 36.7 Å². The standard InChI is InChI=1S/C24H32N8O2/c33-20-7-4-9-31(20)11-12-32-18-27-21-22(26-17-19-5-2-1-3-6-19)28-24(29-23(21)32)25-8-10-30-13-15-34-16-14-30/h1-3,5-6,18H,4,7-17H2,(H2,25,26,28,29). The van der Waals surface area contributed by atoms with Crippen LogP contribution in [0.5, 0.6) is 0 Å². The maximum atomic E-state index is 12.0. The molecule has 10 heteroatoms. The summed E-state index contributed by atoms with van der Waals surface area (Å²) < 4.78 is 7.45. The van der Waals surface area contributed by atoms with Gasteiger partial charge < -0.3 is 24.8 Å². The van der Waals surface area contributed by atoms with Crippen molar-refractivity contribution >= 4 is 28.8 Å². The quantitative estimate of drug-likeness (QED) is 0.469.